The first-order valence-electron chi connectivity index (χ1n) is 10.5. The van der Waals surface area contributed by atoms with Crippen LogP contribution in [0.25, 0.3) is 11.4 Å². The smallest absolute Gasteiger partial charge is 0.254 e. The van der Waals surface area contributed by atoms with Gasteiger partial charge in [-0.2, -0.15) is 0 Å². The molecule has 1 fully saturated rings. The number of aromatic amines is 1. The molecule has 1 aromatic carbocycles. The zero-order valence-electron chi connectivity index (χ0n) is 16.8. The molecule has 28 heavy (non-hydrogen) atoms. The number of nitrogens with zero attached hydrogens (tertiary/aromatic N) is 2. The highest BCUT2D eigenvalue weighted by Crippen LogP contribution is 2.44. The fourth-order valence-electron chi connectivity index (χ4n) is 4.62. The number of aromatic nitrogens is 2. The van der Waals surface area contributed by atoms with E-state index < -0.39 is 0 Å². The second-order valence-electron chi connectivity index (χ2n) is 8.70. The Labute approximate surface area is 166 Å². The molecule has 2 aliphatic rings. The van der Waals surface area contributed by atoms with E-state index in [9.17, 15) is 9.59 Å². The number of rotatable bonds is 4. The van der Waals surface area contributed by atoms with Crippen molar-refractivity contribution in [2.75, 3.05) is 13.1 Å². The van der Waals surface area contributed by atoms with Crippen molar-refractivity contribution in [1.82, 2.24) is 14.9 Å². The molecule has 1 N–H and O–H groups in total. The van der Waals surface area contributed by atoms with Gasteiger partial charge in [-0.05, 0) is 38.0 Å². The monoisotopic (exact) mass is 379 g/mol. The Morgan fingerprint density at radius 3 is 2.57 bits per heavy atom. The molecule has 0 saturated carbocycles. The lowest BCUT2D eigenvalue weighted by Crippen LogP contribution is -2.44. The number of likely N-dealkylation sites (tertiary alicyclic amines) is 1. The molecule has 1 aliphatic heterocycles. The third kappa shape index (κ3) is 3.50. The molecule has 5 heteroatoms. The Balaban J connectivity index is 1.56. The number of piperidine rings is 1. The van der Waals surface area contributed by atoms with Crippen LogP contribution in [0.2, 0.25) is 0 Å². The molecule has 1 spiro atoms. The molecule has 0 bridgehead atoms. The SMILES string of the molecule is CC(C)CCC(=O)N1CCC2(CCc3c2nc(-c2ccccc2)[nH]c3=O)CC1. The lowest BCUT2D eigenvalue weighted by Gasteiger charge is -2.39. The van der Waals surface area contributed by atoms with Crippen LogP contribution in [0.1, 0.15) is 57.2 Å². The molecule has 0 radical (unpaired) electrons. The van der Waals surface area contributed by atoms with Gasteiger partial charge in [0, 0.05) is 36.1 Å². The molecule has 1 saturated heterocycles. The average molecular weight is 380 g/mol. The van der Waals surface area contributed by atoms with Crippen LogP contribution < -0.4 is 5.56 Å². The summed E-state index contributed by atoms with van der Waals surface area (Å²) < 4.78 is 0. The highest BCUT2D eigenvalue weighted by molar-refractivity contribution is 5.76. The molecular formula is C23H29N3O2. The minimum atomic E-state index is -0.0536. The van der Waals surface area contributed by atoms with E-state index in [1.54, 1.807) is 0 Å². The first kappa shape index (κ1) is 18.9. The van der Waals surface area contributed by atoms with Gasteiger partial charge in [-0.25, -0.2) is 4.98 Å². The van der Waals surface area contributed by atoms with Gasteiger partial charge in [0.15, 0.2) is 0 Å². The molecule has 1 aromatic heterocycles. The fourth-order valence-corrected chi connectivity index (χ4v) is 4.62. The number of carbonyl (C=O) groups is 1. The van der Waals surface area contributed by atoms with Crippen molar-refractivity contribution in [3.8, 4) is 11.4 Å². The second-order valence-corrected chi connectivity index (χ2v) is 8.70. The largest absolute Gasteiger partial charge is 0.343 e. The minimum absolute atomic E-state index is 0.00355. The van der Waals surface area contributed by atoms with Gasteiger partial charge in [-0.3, -0.25) is 9.59 Å². The normalized spacial score (nSPS) is 17.9. The summed E-state index contributed by atoms with van der Waals surface area (Å²) in [7, 11) is 0. The van der Waals surface area contributed by atoms with Crippen LogP contribution in [0, 0.1) is 5.92 Å². The maximum Gasteiger partial charge on any atom is 0.254 e. The summed E-state index contributed by atoms with van der Waals surface area (Å²) in [6.45, 7) is 5.85. The van der Waals surface area contributed by atoms with E-state index in [1.807, 2.05) is 35.2 Å². The number of H-pyrrole nitrogens is 1. The maximum atomic E-state index is 12.7. The number of amides is 1. The van der Waals surface area contributed by atoms with Crippen molar-refractivity contribution < 1.29 is 4.79 Å². The Hall–Kier alpha value is -2.43. The maximum absolute atomic E-state index is 12.7. The lowest BCUT2D eigenvalue weighted by molar-refractivity contribution is -0.133. The Morgan fingerprint density at radius 2 is 1.89 bits per heavy atom. The molecule has 5 nitrogen and oxygen atoms in total. The van der Waals surface area contributed by atoms with Crippen LogP contribution in [-0.2, 0) is 16.6 Å². The molecule has 2 aromatic rings. The zero-order chi connectivity index (χ0) is 19.7. The van der Waals surface area contributed by atoms with E-state index in [0.29, 0.717) is 18.2 Å². The van der Waals surface area contributed by atoms with Crippen LogP contribution in [0.15, 0.2) is 35.1 Å². The topological polar surface area (TPSA) is 66.1 Å². The second kappa shape index (κ2) is 7.53. The van der Waals surface area contributed by atoms with Gasteiger partial charge in [0.1, 0.15) is 5.82 Å². The molecule has 2 heterocycles. The van der Waals surface area contributed by atoms with Gasteiger partial charge in [0.05, 0.1) is 5.69 Å². The Morgan fingerprint density at radius 1 is 1.18 bits per heavy atom. The van der Waals surface area contributed by atoms with Crippen molar-refractivity contribution >= 4 is 5.91 Å². The van der Waals surface area contributed by atoms with Gasteiger partial charge in [-0.1, -0.05) is 44.2 Å². The molecule has 1 aliphatic carbocycles. The fraction of sp³-hybridized carbons (Fsp3) is 0.522. The van der Waals surface area contributed by atoms with E-state index in [2.05, 4.69) is 18.8 Å². The van der Waals surface area contributed by atoms with Gasteiger partial charge < -0.3 is 9.88 Å². The third-order valence-electron chi connectivity index (χ3n) is 6.43. The third-order valence-corrected chi connectivity index (χ3v) is 6.43. The van der Waals surface area contributed by atoms with Gasteiger partial charge in [0.25, 0.3) is 5.56 Å². The first-order valence-corrected chi connectivity index (χ1v) is 10.5. The minimum Gasteiger partial charge on any atom is -0.343 e. The molecule has 1 amide bonds. The van der Waals surface area contributed by atoms with Gasteiger partial charge >= 0.3 is 0 Å². The summed E-state index contributed by atoms with van der Waals surface area (Å²) in [5, 5.41) is 0. The summed E-state index contributed by atoms with van der Waals surface area (Å²) >= 11 is 0. The summed E-state index contributed by atoms with van der Waals surface area (Å²) in [4.78, 5) is 35.1. The van der Waals surface area contributed by atoms with Crippen molar-refractivity contribution in [2.24, 2.45) is 5.92 Å². The van der Waals surface area contributed by atoms with Crippen LogP contribution >= 0.6 is 0 Å². The molecule has 0 unspecified atom stereocenters. The Bertz CT molecular complexity index is 909. The predicted octanol–water partition coefficient (Wildman–Crippen LogP) is 3.68. The number of benzene rings is 1. The molecular weight excluding hydrogens is 350 g/mol. The van der Waals surface area contributed by atoms with E-state index >= 15 is 0 Å². The van der Waals surface area contributed by atoms with Crippen LogP contribution in [0.4, 0.5) is 0 Å². The zero-order valence-corrected chi connectivity index (χ0v) is 16.8. The Kier molecular flexibility index (Phi) is 5.09. The first-order chi connectivity index (χ1) is 13.5. The number of nitrogens with one attached hydrogen (secondary N) is 1. The summed E-state index contributed by atoms with van der Waals surface area (Å²) in [5.41, 5.74) is 2.70. The standard InChI is InChI=1S/C23H29N3O2/c1-16(2)8-9-19(27)26-14-12-23(13-15-26)11-10-18-20(23)24-21(25-22(18)28)17-6-4-3-5-7-17/h3-7,16H,8-15H2,1-2H3,(H,24,25,28). The predicted molar refractivity (Wildman–Crippen MR) is 110 cm³/mol. The molecule has 0 atom stereocenters. The number of carbonyl (C=O) groups excluding carboxylic acids is 1. The molecule has 4 rings (SSSR count). The molecule has 148 valence electrons. The van der Waals surface area contributed by atoms with E-state index in [4.69, 9.17) is 4.98 Å². The quantitative estimate of drug-likeness (QED) is 0.881. The van der Waals surface area contributed by atoms with Crippen LogP contribution in [0.5, 0.6) is 0 Å². The number of hydrogen-bond donors (Lipinski definition) is 1. The number of fused-ring (bicyclic) bond motifs is 2. The van der Waals surface area contributed by atoms with E-state index in [1.165, 1.54) is 0 Å². The summed E-state index contributed by atoms with van der Waals surface area (Å²) in [5.74, 6) is 1.47. The van der Waals surface area contributed by atoms with Gasteiger partial charge in [-0.15, -0.1) is 0 Å². The van der Waals surface area contributed by atoms with E-state index in [0.717, 1.165) is 62.0 Å². The van der Waals surface area contributed by atoms with Crippen LogP contribution in [-0.4, -0.2) is 33.9 Å². The summed E-state index contributed by atoms with van der Waals surface area (Å²) in [6, 6.07) is 9.83. The average Bonchev–Trinajstić information content (AvgIpc) is 3.06. The van der Waals surface area contributed by atoms with Crippen molar-refractivity contribution in [2.45, 2.75) is 57.8 Å². The highest BCUT2D eigenvalue weighted by Gasteiger charge is 2.44. The van der Waals surface area contributed by atoms with Crippen LogP contribution in [0.3, 0.4) is 0 Å². The van der Waals surface area contributed by atoms with Crippen molar-refractivity contribution in [3.05, 3.63) is 51.9 Å². The van der Waals surface area contributed by atoms with Gasteiger partial charge in [0.2, 0.25) is 5.91 Å². The lowest BCUT2D eigenvalue weighted by atomic mass is 9.76. The highest BCUT2D eigenvalue weighted by atomic mass is 16.2. The summed E-state index contributed by atoms with van der Waals surface area (Å²) in [6.07, 6.45) is 5.13. The number of hydrogen-bond acceptors (Lipinski definition) is 3. The van der Waals surface area contributed by atoms with Crippen molar-refractivity contribution in [1.29, 1.82) is 0 Å². The van der Waals surface area contributed by atoms with Crippen molar-refractivity contribution in [3.63, 3.8) is 0 Å². The van der Waals surface area contributed by atoms with E-state index in [-0.39, 0.29) is 16.9 Å².